The smallest absolute Gasteiger partial charge is 0.273 e. The molecule has 0 amide bonds. The minimum atomic E-state index is -3.86. The molecule has 0 aliphatic rings. The van der Waals surface area contributed by atoms with E-state index in [9.17, 15) is 12.8 Å². The van der Waals surface area contributed by atoms with E-state index in [0.717, 1.165) is 23.6 Å². The van der Waals surface area contributed by atoms with Crippen molar-refractivity contribution >= 4 is 54.6 Å². The van der Waals surface area contributed by atoms with E-state index in [2.05, 4.69) is 25.6 Å². The third kappa shape index (κ3) is 3.00. The molecular weight excluding hydrogens is 367 g/mol. The Bertz CT molecular complexity index is 690. The molecule has 18 heavy (non-hydrogen) atoms. The van der Waals surface area contributed by atoms with Crippen molar-refractivity contribution in [3.8, 4) is 0 Å². The maximum atomic E-state index is 13.5. The Labute approximate surface area is 120 Å². The first-order chi connectivity index (χ1) is 8.38. The van der Waals surface area contributed by atoms with Crippen molar-refractivity contribution in [2.75, 3.05) is 4.72 Å². The van der Waals surface area contributed by atoms with E-state index < -0.39 is 15.8 Å². The number of rotatable bonds is 3. The number of anilines is 1. The van der Waals surface area contributed by atoms with Gasteiger partial charge in [0.15, 0.2) is 8.68 Å². The van der Waals surface area contributed by atoms with Gasteiger partial charge in [0.1, 0.15) is 5.82 Å². The standard InChI is InChI=1S/C9H5BrClFN2O2S2/c10-5-1-2-7(6(12)3-5)14-18(15,16)8-4-13-9(11)17-8/h1-4,14H. The molecule has 0 fully saturated rings. The van der Waals surface area contributed by atoms with Gasteiger partial charge in [0.25, 0.3) is 10.0 Å². The number of hydrogen-bond acceptors (Lipinski definition) is 4. The Kier molecular flexibility index (Phi) is 3.90. The van der Waals surface area contributed by atoms with Crippen LogP contribution < -0.4 is 4.72 Å². The second-order valence-electron chi connectivity index (χ2n) is 3.16. The van der Waals surface area contributed by atoms with Gasteiger partial charge in [-0.25, -0.2) is 17.8 Å². The number of hydrogen-bond donors (Lipinski definition) is 1. The van der Waals surface area contributed by atoms with Crippen LogP contribution in [0.2, 0.25) is 4.47 Å². The number of sulfonamides is 1. The summed E-state index contributed by atoms with van der Waals surface area (Å²) in [4.78, 5) is 3.62. The molecule has 0 aliphatic carbocycles. The fourth-order valence-corrected chi connectivity index (χ4v) is 3.82. The second-order valence-corrected chi connectivity index (χ2v) is 7.60. The summed E-state index contributed by atoms with van der Waals surface area (Å²) in [6.07, 6.45) is 1.12. The zero-order valence-corrected chi connectivity index (χ0v) is 12.5. The monoisotopic (exact) mass is 370 g/mol. The number of nitrogens with zero attached hydrogens (tertiary/aromatic N) is 1. The van der Waals surface area contributed by atoms with Gasteiger partial charge in [-0.15, -0.1) is 0 Å². The van der Waals surface area contributed by atoms with Gasteiger partial charge in [-0.2, -0.15) is 0 Å². The van der Waals surface area contributed by atoms with Crippen LogP contribution in [0.1, 0.15) is 0 Å². The minimum absolute atomic E-state index is 0.0742. The van der Waals surface area contributed by atoms with Gasteiger partial charge in [-0.05, 0) is 18.2 Å². The Balaban J connectivity index is 2.33. The molecule has 9 heteroatoms. The van der Waals surface area contributed by atoms with Gasteiger partial charge >= 0.3 is 0 Å². The summed E-state index contributed by atoms with van der Waals surface area (Å²) >= 11 is 9.43. The summed E-state index contributed by atoms with van der Waals surface area (Å²) in [7, 11) is -3.86. The summed E-state index contributed by atoms with van der Waals surface area (Å²) in [6, 6.07) is 4.01. The summed E-state index contributed by atoms with van der Waals surface area (Å²) in [5.41, 5.74) is -0.136. The van der Waals surface area contributed by atoms with Crippen molar-refractivity contribution in [3.05, 3.63) is 39.2 Å². The summed E-state index contributed by atoms with van der Waals surface area (Å²) in [5.74, 6) is -0.677. The van der Waals surface area contributed by atoms with E-state index >= 15 is 0 Å². The van der Waals surface area contributed by atoms with E-state index in [1.807, 2.05) is 0 Å². The predicted octanol–water partition coefficient (Wildman–Crippen LogP) is 3.50. The average molecular weight is 372 g/mol. The molecule has 0 spiro atoms. The van der Waals surface area contributed by atoms with Crippen molar-refractivity contribution in [1.29, 1.82) is 0 Å². The molecule has 2 rings (SSSR count). The third-order valence-corrected chi connectivity index (χ3v) is 5.33. The van der Waals surface area contributed by atoms with Crippen LogP contribution in [0.3, 0.4) is 0 Å². The Morgan fingerprint density at radius 2 is 2.17 bits per heavy atom. The minimum Gasteiger partial charge on any atom is -0.276 e. The van der Waals surface area contributed by atoms with E-state index in [4.69, 9.17) is 11.6 Å². The van der Waals surface area contributed by atoms with Gasteiger partial charge in [-0.3, -0.25) is 4.72 Å². The fourth-order valence-electron chi connectivity index (χ4n) is 1.13. The van der Waals surface area contributed by atoms with Crippen molar-refractivity contribution in [2.45, 2.75) is 4.21 Å². The lowest BCUT2D eigenvalue weighted by molar-refractivity contribution is 0.600. The lowest BCUT2D eigenvalue weighted by Gasteiger charge is -2.06. The molecule has 0 bridgehead atoms. The van der Waals surface area contributed by atoms with Crippen LogP contribution in [0.4, 0.5) is 10.1 Å². The highest BCUT2D eigenvalue weighted by molar-refractivity contribution is 9.10. The third-order valence-electron chi connectivity index (χ3n) is 1.90. The van der Waals surface area contributed by atoms with Crippen molar-refractivity contribution < 1.29 is 12.8 Å². The maximum absolute atomic E-state index is 13.5. The van der Waals surface area contributed by atoms with Gasteiger partial charge in [0.05, 0.1) is 11.9 Å². The fraction of sp³-hybridized carbons (Fsp3) is 0. The largest absolute Gasteiger partial charge is 0.276 e. The molecule has 0 aliphatic heterocycles. The SMILES string of the molecule is O=S(=O)(Nc1ccc(Br)cc1F)c1cnc(Cl)s1. The zero-order valence-electron chi connectivity index (χ0n) is 8.52. The molecule has 0 atom stereocenters. The van der Waals surface area contributed by atoms with E-state index in [1.54, 1.807) is 0 Å². The van der Waals surface area contributed by atoms with Gasteiger partial charge in [0, 0.05) is 4.47 Å². The van der Waals surface area contributed by atoms with Gasteiger partial charge < -0.3 is 0 Å². The first-order valence-corrected chi connectivity index (χ1v) is 7.95. The normalized spacial score (nSPS) is 11.5. The van der Waals surface area contributed by atoms with Crippen LogP contribution in [0.25, 0.3) is 0 Å². The maximum Gasteiger partial charge on any atom is 0.273 e. The van der Waals surface area contributed by atoms with Crippen molar-refractivity contribution in [1.82, 2.24) is 4.98 Å². The average Bonchev–Trinajstić information content (AvgIpc) is 2.70. The predicted molar refractivity (Wildman–Crippen MR) is 72.0 cm³/mol. The van der Waals surface area contributed by atoms with Crippen LogP contribution in [0.15, 0.2) is 33.1 Å². The number of halogens is 3. The number of benzene rings is 1. The number of nitrogens with one attached hydrogen (secondary N) is 1. The van der Waals surface area contributed by atoms with Crippen LogP contribution in [-0.2, 0) is 10.0 Å². The van der Waals surface area contributed by atoms with Crippen LogP contribution in [-0.4, -0.2) is 13.4 Å². The van der Waals surface area contributed by atoms with Crippen molar-refractivity contribution in [3.63, 3.8) is 0 Å². The highest BCUT2D eigenvalue weighted by atomic mass is 79.9. The van der Waals surface area contributed by atoms with Crippen molar-refractivity contribution in [2.24, 2.45) is 0 Å². The van der Waals surface area contributed by atoms with Crippen LogP contribution in [0, 0.1) is 5.82 Å². The first kappa shape index (κ1) is 13.7. The molecule has 0 unspecified atom stereocenters. The van der Waals surface area contributed by atoms with E-state index in [1.165, 1.54) is 12.1 Å². The molecule has 96 valence electrons. The molecule has 1 aromatic carbocycles. The lowest BCUT2D eigenvalue weighted by atomic mass is 10.3. The quantitative estimate of drug-likeness (QED) is 0.898. The highest BCUT2D eigenvalue weighted by Gasteiger charge is 2.19. The first-order valence-electron chi connectivity index (χ1n) is 4.48. The molecular formula is C9H5BrClFN2O2S2. The molecule has 0 radical (unpaired) electrons. The zero-order chi connectivity index (χ0) is 13.3. The lowest BCUT2D eigenvalue weighted by Crippen LogP contribution is -2.12. The number of aromatic nitrogens is 1. The molecule has 1 heterocycles. The Morgan fingerprint density at radius 3 is 2.72 bits per heavy atom. The molecule has 1 aromatic heterocycles. The van der Waals surface area contributed by atoms with Crippen LogP contribution in [0.5, 0.6) is 0 Å². The second kappa shape index (κ2) is 5.12. The van der Waals surface area contributed by atoms with Gasteiger partial charge in [-0.1, -0.05) is 38.9 Å². The Hall–Kier alpha value is -0.700. The topological polar surface area (TPSA) is 59.1 Å². The van der Waals surface area contributed by atoms with E-state index in [0.29, 0.717) is 4.47 Å². The van der Waals surface area contributed by atoms with Gasteiger partial charge in [0.2, 0.25) is 0 Å². The molecule has 0 saturated heterocycles. The highest BCUT2D eigenvalue weighted by Crippen LogP contribution is 2.26. The molecule has 1 N–H and O–H groups in total. The molecule has 4 nitrogen and oxygen atoms in total. The van der Waals surface area contributed by atoms with Crippen LogP contribution >= 0.6 is 38.9 Å². The molecule has 2 aromatic rings. The Morgan fingerprint density at radius 1 is 1.44 bits per heavy atom. The summed E-state index contributed by atoms with van der Waals surface area (Å²) in [6.45, 7) is 0. The van der Waals surface area contributed by atoms with E-state index in [-0.39, 0.29) is 14.4 Å². The summed E-state index contributed by atoms with van der Waals surface area (Å²) in [5, 5.41) is 0. The summed E-state index contributed by atoms with van der Waals surface area (Å²) < 4.78 is 39.9. The molecule has 0 saturated carbocycles. The number of thiazole rings is 1.